The van der Waals surface area contributed by atoms with Crippen molar-refractivity contribution >= 4 is 21.7 Å². The largest absolute Gasteiger partial charge is 0.338 e. The highest BCUT2D eigenvalue weighted by Crippen LogP contribution is 2.13. The molecule has 0 bridgehead atoms. The Hall–Kier alpha value is -1.42. The monoisotopic (exact) mass is 278 g/mol. The first kappa shape index (κ1) is 11.1. The SMILES string of the molecule is Cn1ccnc1CC(=O)c1cccc(Br)c1. The van der Waals surface area contributed by atoms with Crippen molar-refractivity contribution in [3.05, 3.63) is 52.5 Å². The predicted octanol–water partition coefficient (Wildman–Crippen LogP) is 2.61. The maximum absolute atomic E-state index is 11.9. The van der Waals surface area contributed by atoms with Crippen LogP contribution in [0.15, 0.2) is 41.1 Å². The van der Waals surface area contributed by atoms with Gasteiger partial charge in [0.05, 0.1) is 6.42 Å². The van der Waals surface area contributed by atoms with Crippen LogP contribution in [-0.4, -0.2) is 15.3 Å². The summed E-state index contributed by atoms with van der Waals surface area (Å²) < 4.78 is 2.77. The molecular weight excluding hydrogens is 268 g/mol. The number of aryl methyl sites for hydroxylation is 1. The van der Waals surface area contributed by atoms with Crippen LogP contribution in [0.25, 0.3) is 0 Å². The van der Waals surface area contributed by atoms with Crippen LogP contribution >= 0.6 is 15.9 Å². The molecule has 0 unspecified atom stereocenters. The molecule has 0 aliphatic heterocycles. The van der Waals surface area contributed by atoms with Crippen molar-refractivity contribution in [2.75, 3.05) is 0 Å². The van der Waals surface area contributed by atoms with Gasteiger partial charge in [0.25, 0.3) is 0 Å². The molecule has 1 aromatic heterocycles. The zero-order valence-electron chi connectivity index (χ0n) is 8.85. The van der Waals surface area contributed by atoms with Gasteiger partial charge in [0.2, 0.25) is 0 Å². The van der Waals surface area contributed by atoms with Gasteiger partial charge in [-0.2, -0.15) is 0 Å². The number of aromatic nitrogens is 2. The molecule has 0 atom stereocenters. The number of halogens is 1. The van der Waals surface area contributed by atoms with Crippen molar-refractivity contribution < 1.29 is 4.79 Å². The van der Waals surface area contributed by atoms with Crippen molar-refractivity contribution in [2.45, 2.75) is 6.42 Å². The Bertz CT molecular complexity index is 519. The first-order chi connectivity index (χ1) is 7.66. The number of ketones is 1. The van der Waals surface area contributed by atoms with E-state index in [9.17, 15) is 4.79 Å². The second-order valence-corrected chi connectivity index (χ2v) is 4.48. The first-order valence-corrected chi connectivity index (χ1v) is 5.71. The molecule has 0 saturated carbocycles. The maximum Gasteiger partial charge on any atom is 0.170 e. The predicted molar refractivity (Wildman–Crippen MR) is 65.4 cm³/mol. The van der Waals surface area contributed by atoms with Crippen molar-refractivity contribution in [3.8, 4) is 0 Å². The Morgan fingerprint density at radius 3 is 2.94 bits per heavy atom. The lowest BCUT2D eigenvalue weighted by Gasteiger charge is -2.02. The maximum atomic E-state index is 11.9. The first-order valence-electron chi connectivity index (χ1n) is 4.92. The second-order valence-electron chi connectivity index (χ2n) is 3.56. The lowest BCUT2D eigenvalue weighted by atomic mass is 10.1. The van der Waals surface area contributed by atoms with E-state index in [2.05, 4.69) is 20.9 Å². The Balaban J connectivity index is 2.18. The molecule has 0 amide bonds. The van der Waals surface area contributed by atoms with Crippen LogP contribution in [0.1, 0.15) is 16.2 Å². The standard InChI is InChI=1S/C12H11BrN2O/c1-15-6-5-14-12(15)8-11(16)9-3-2-4-10(13)7-9/h2-7H,8H2,1H3. The minimum absolute atomic E-state index is 0.0793. The van der Waals surface area contributed by atoms with Crippen LogP contribution in [0.5, 0.6) is 0 Å². The molecule has 0 N–H and O–H groups in total. The third kappa shape index (κ3) is 2.39. The number of Topliss-reactive ketones (excluding diaryl/α,β-unsaturated/α-hetero) is 1. The number of rotatable bonds is 3. The van der Waals surface area contributed by atoms with Gasteiger partial charge in [0.15, 0.2) is 5.78 Å². The number of imidazole rings is 1. The molecule has 16 heavy (non-hydrogen) atoms. The van der Waals surface area contributed by atoms with Crippen LogP contribution < -0.4 is 0 Å². The summed E-state index contributed by atoms with van der Waals surface area (Å²) in [5.41, 5.74) is 0.706. The van der Waals surface area contributed by atoms with E-state index in [1.165, 1.54) is 0 Å². The molecule has 2 aromatic rings. The van der Waals surface area contributed by atoms with Gasteiger partial charge in [-0.25, -0.2) is 4.98 Å². The zero-order chi connectivity index (χ0) is 11.5. The van der Waals surface area contributed by atoms with E-state index < -0.39 is 0 Å². The third-order valence-corrected chi connectivity index (χ3v) is 2.88. The van der Waals surface area contributed by atoms with Gasteiger partial charge in [-0.1, -0.05) is 28.1 Å². The highest BCUT2D eigenvalue weighted by atomic mass is 79.9. The lowest BCUT2D eigenvalue weighted by Crippen LogP contribution is -2.08. The van der Waals surface area contributed by atoms with Crippen LogP contribution in [0, 0.1) is 0 Å². The summed E-state index contributed by atoms with van der Waals surface area (Å²) in [6.07, 6.45) is 3.87. The quantitative estimate of drug-likeness (QED) is 0.809. The van der Waals surface area contributed by atoms with Gasteiger partial charge in [-0.05, 0) is 12.1 Å². The second kappa shape index (κ2) is 4.61. The molecule has 3 nitrogen and oxygen atoms in total. The Labute approximate surface area is 102 Å². The number of carbonyl (C=O) groups is 1. The molecule has 1 aromatic carbocycles. The van der Waals surface area contributed by atoms with Crippen molar-refractivity contribution in [2.24, 2.45) is 7.05 Å². The van der Waals surface area contributed by atoms with Gasteiger partial charge in [-0.3, -0.25) is 4.79 Å². The van der Waals surface area contributed by atoms with Gasteiger partial charge in [-0.15, -0.1) is 0 Å². The number of hydrogen-bond donors (Lipinski definition) is 0. The van der Waals surface area contributed by atoms with E-state index in [1.54, 1.807) is 6.20 Å². The van der Waals surface area contributed by atoms with Crippen molar-refractivity contribution in [1.82, 2.24) is 9.55 Å². The molecule has 1 heterocycles. The summed E-state index contributed by atoms with van der Waals surface area (Å²) in [6.45, 7) is 0. The Morgan fingerprint density at radius 1 is 1.50 bits per heavy atom. The van der Waals surface area contributed by atoms with E-state index >= 15 is 0 Å². The molecular formula is C12H11BrN2O. The molecule has 0 fully saturated rings. The van der Waals surface area contributed by atoms with Gasteiger partial charge >= 0.3 is 0 Å². The van der Waals surface area contributed by atoms with Gasteiger partial charge in [0, 0.05) is 29.5 Å². The van der Waals surface area contributed by atoms with Crippen LogP contribution in [-0.2, 0) is 13.5 Å². The van der Waals surface area contributed by atoms with E-state index in [1.807, 2.05) is 42.1 Å². The number of benzene rings is 1. The normalized spacial score (nSPS) is 10.4. The number of carbonyl (C=O) groups excluding carboxylic acids is 1. The number of hydrogen-bond acceptors (Lipinski definition) is 2. The topological polar surface area (TPSA) is 34.9 Å². The summed E-state index contributed by atoms with van der Waals surface area (Å²) >= 11 is 3.35. The molecule has 0 radical (unpaired) electrons. The fourth-order valence-corrected chi connectivity index (χ4v) is 1.87. The highest BCUT2D eigenvalue weighted by molar-refractivity contribution is 9.10. The Kier molecular flexibility index (Phi) is 3.19. The lowest BCUT2D eigenvalue weighted by molar-refractivity contribution is 0.0990. The van der Waals surface area contributed by atoms with Crippen LogP contribution in [0.2, 0.25) is 0 Å². The summed E-state index contributed by atoms with van der Waals surface area (Å²) in [6, 6.07) is 7.40. The minimum Gasteiger partial charge on any atom is -0.338 e. The fraction of sp³-hybridized carbons (Fsp3) is 0.167. The third-order valence-electron chi connectivity index (χ3n) is 2.39. The van der Waals surface area contributed by atoms with E-state index in [-0.39, 0.29) is 5.78 Å². The van der Waals surface area contributed by atoms with Gasteiger partial charge in [0.1, 0.15) is 5.82 Å². The molecule has 0 aliphatic rings. The summed E-state index contributed by atoms with van der Waals surface area (Å²) in [5, 5.41) is 0. The summed E-state index contributed by atoms with van der Waals surface area (Å²) in [5.74, 6) is 0.862. The smallest absolute Gasteiger partial charge is 0.170 e. The fourth-order valence-electron chi connectivity index (χ4n) is 1.47. The summed E-state index contributed by atoms with van der Waals surface area (Å²) in [4.78, 5) is 16.1. The highest BCUT2D eigenvalue weighted by Gasteiger charge is 2.10. The molecule has 0 aliphatic carbocycles. The van der Waals surface area contributed by atoms with E-state index in [4.69, 9.17) is 0 Å². The van der Waals surface area contributed by atoms with Crippen molar-refractivity contribution in [3.63, 3.8) is 0 Å². The average molecular weight is 279 g/mol. The molecule has 2 rings (SSSR count). The molecule has 82 valence electrons. The minimum atomic E-state index is 0.0793. The van der Waals surface area contributed by atoms with E-state index in [0.29, 0.717) is 12.0 Å². The van der Waals surface area contributed by atoms with Crippen LogP contribution in [0.3, 0.4) is 0 Å². The van der Waals surface area contributed by atoms with E-state index in [0.717, 1.165) is 10.3 Å². The molecule has 4 heteroatoms. The Morgan fingerprint density at radius 2 is 2.31 bits per heavy atom. The molecule has 0 saturated heterocycles. The zero-order valence-corrected chi connectivity index (χ0v) is 10.4. The van der Waals surface area contributed by atoms with Crippen LogP contribution in [0.4, 0.5) is 0 Å². The van der Waals surface area contributed by atoms with Gasteiger partial charge < -0.3 is 4.57 Å². The number of nitrogens with zero attached hydrogens (tertiary/aromatic N) is 2. The molecule has 0 spiro atoms. The summed E-state index contributed by atoms with van der Waals surface area (Å²) in [7, 11) is 1.89. The van der Waals surface area contributed by atoms with Crippen molar-refractivity contribution in [1.29, 1.82) is 0 Å². The average Bonchev–Trinajstić information content (AvgIpc) is 2.64.